The average Bonchev–Trinajstić information content (AvgIpc) is 3.18. The van der Waals surface area contributed by atoms with Crippen LogP contribution in [-0.4, -0.2) is 61.4 Å². The third kappa shape index (κ3) is 6.26. The zero-order valence-corrected chi connectivity index (χ0v) is 18.5. The molecule has 2 aromatic rings. The number of hydrogen-bond donors (Lipinski definition) is 3. The van der Waals surface area contributed by atoms with Crippen molar-refractivity contribution in [1.82, 2.24) is 15.2 Å². The Hall–Kier alpha value is -1.96. The minimum Gasteiger partial charge on any atom is -0.376 e. The molecule has 2 heterocycles. The van der Waals surface area contributed by atoms with Gasteiger partial charge in [0, 0.05) is 37.2 Å². The van der Waals surface area contributed by atoms with Crippen molar-refractivity contribution in [2.75, 3.05) is 40.3 Å². The quantitative estimate of drug-likeness (QED) is 0.445. The molecule has 3 N–H and O–H groups in total. The molecule has 0 radical (unpaired) electrons. The lowest BCUT2D eigenvalue weighted by Gasteiger charge is -2.28. The Balaban J connectivity index is 1.74. The third-order valence-electron chi connectivity index (χ3n) is 5.30. The first-order valence-electron chi connectivity index (χ1n) is 10.5. The van der Waals surface area contributed by atoms with Crippen LogP contribution in [-0.2, 0) is 11.3 Å². The van der Waals surface area contributed by atoms with Gasteiger partial charge in [0.05, 0.1) is 33.3 Å². The molecular formula is C22H33N4O2S+. The van der Waals surface area contributed by atoms with E-state index in [-0.39, 0.29) is 11.7 Å². The number of aryl methyl sites for hydroxylation is 1. The summed E-state index contributed by atoms with van der Waals surface area (Å²) in [4.78, 5) is 19.2. The number of fused-ring (bicyclic) bond motifs is 1. The van der Waals surface area contributed by atoms with Crippen molar-refractivity contribution in [3.05, 3.63) is 45.7 Å². The van der Waals surface area contributed by atoms with E-state index in [1.54, 1.807) is 0 Å². The predicted octanol–water partition coefficient (Wildman–Crippen LogP) is 1.23. The Bertz CT molecular complexity index is 890. The lowest BCUT2D eigenvalue weighted by Crippen LogP contribution is -3.05. The van der Waals surface area contributed by atoms with E-state index in [1.807, 2.05) is 18.2 Å². The van der Waals surface area contributed by atoms with Crippen LogP contribution < -0.4 is 15.8 Å². The standard InChI is InChI=1S/C22H32N4O2S/c1-16-7-8-20-17(12-16)13-18(21(27)24-20)14-26(15-19-6-4-11-28-19)22(29)23-9-5-10-25(2)3/h7-8,12-13,19H,4-6,9-11,14-15H2,1-3H3,(H,23,29)(H,24,27)/p+1/t19-/m0/s1. The lowest BCUT2D eigenvalue weighted by molar-refractivity contribution is -0.858. The van der Waals surface area contributed by atoms with Gasteiger partial charge < -0.3 is 24.8 Å². The Labute approximate surface area is 178 Å². The fourth-order valence-electron chi connectivity index (χ4n) is 3.70. The molecule has 3 rings (SSSR count). The molecular weight excluding hydrogens is 384 g/mol. The fourth-order valence-corrected chi connectivity index (χ4v) is 3.94. The molecule has 1 fully saturated rings. The smallest absolute Gasteiger partial charge is 0.253 e. The van der Waals surface area contributed by atoms with Gasteiger partial charge >= 0.3 is 0 Å². The van der Waals surface area contributed by atoms with Crippen LogP contribution in [0.3, 0.4) is 0 Å². The molecule has 0 unspecified atom stereocenters. The van der Waals surface area contributed by atoms with E-state index in [0.717, 1.165) is 55.4 Å². The minimum atomic E-state index is -0.0577. The molecule has 7 heteroatoms. The van der Waals surface area contributed by atoms with E-state index in [4.69, 9.17) is 17.0 Å². The zero-order valence-electron chi connectivity index (χ0n) is 17.7. The maximum absolute atomic E-state index is 12.7. The summed E-state index contributed by atoms with van der Waals surface area (Å²) in [5, 5.41) is 5.11. The van der Waals surface area contributed by atoms with Crippen LogP contribution in [0.15, 0.2) is 29.1 Å². The highest BCUT2D eigenvalue weighted by Gasteiger charge is 2.22. The highest BCUT2D eigenvalue weighted by molar-refractivity contribution is 7.80. The molecule has 0 amide bonds. The van der Waals surface area contributed by atoms with Gasteiger partial charge in [0.1, 0.15) is 0 Å². The van der Waals surface area contributed by atoms with Gasteiger partial charge in [-0.15, -0.1) is 0 Å². The number of thiocarbonyl (C=S) groups is 1. The van der Waals surface area contributed by atoms with Gasteiger partial charge in [-0.2, -0.15) is 0 Å². The summed E-state index contributed by atoms with van der Waals surface area (Å²) in [6.45, 7) is 5.97. The molecule has 0 aliphatic carbocycles. The maximum Gasteiger partial charge on any atom is 0.253 e. The summed E-state index contributed by atoms with van der Waals surface area (Å²) in [6.07, 6.45) is 3.34. The van der Waals surface area contributed by atoms with Crippen LogP contribution in [0.4, 0.5) is 0 Å². The van der Waals surface area contributed by atoms with Gasteiger partial charge in [0.25, 0.3) is 5.56 Å². The van der Waals surface area contributed by atoms with Crippen LogP contribution in [0.25, 0.3) is 10.9 Å². The number of pyridine rings is 1. The topological polar surface area (TPSA) is 61.8 Å². The Morgan fingerprint density at radius 3 is 2.93 bits per heavy atom. The van der Waals surface area contributed by atoms with Crippen LogP contribution in [0.5, 0.6) is 0 Å². The molecule has 0 bridgehead atoms. The monoisotopic (exact) mass is 417 g/mol. The molecule has 158 valence electrons. The number of benzene rings is 1. The van der Waals surface area contributed by atoms with Crippen molar-refractivity contribution in [3.63, 3.8) is 0 Å². The first-order valence-corrected chi connectivity index (χ1v) is 10.9. The summed E-state index contributed by atoms with van der Waals surface area (Å²) in [5.74, 6) is 0. The lowest BCUT2D eigenvalue weighted by atomic mass is 10.1. The summed E-state index contributed by atoms with van der Waals surface area (Å²) < 4.78 is 5.83. The van der Waals surface area contributed by atoms with Gasteiger partial charge in [0.15, 0.2) is 5.11 Å². The van der Waals surface area contributed by atoms with Gasteiger partial charge in [-0.05, 0) is 55.6 Å². The maximum atomic E-state index is 12.7. The van der Waals surface area contributed by atoms with E-state index in [2.05, 4.69) is 42.3 Å². The number of rotatable bonds is 8. The van der Waals surface area contributed by atoms with Crippen LogP contribution in [0.2, 0.25) is 0 Å². The number of nitrogens with zero attached hydrogens (tertiary/aromatic N) is 1. The number of hydrogen-bond acceptors (Lipinski definition) is 3. The number of quaternary nitrogens is 1. The second kappa shape index (κ2) is 10.2. The van der Waals surface area contributed by atoms with Gasteiger partial charge in [-0.1, -0.05) is 11.6 Å². The minimum absolute atomic E-state index is 0.0577. The van der Waals surface area contributed by atoms with Gasteiger partial charge in [-0.25, -0.2) is 0 Å². The second-order valence-corrected chi connectivity index (χ2v) is 8.66. The molecule has 1 aromatic carbocycles. The number of H-pyrrole nitrogens is 1. The zero-order chi connectivity index (χ0) is 20.8. The van der Waals surface area contributed by atoms with Crippen LogP contribution in [0.1, 0.15) is 30.4 Å². The molecule has 0 spiro atoms. The highest BCUT2D eigenvalue weighted by atomic mass is 32.1. The van der Waals surface area contributed by atoms with E-state index >= 15 is 0 Å². The van der Waals surface area contributed by atoms with Crippen molar-refractivity contribution in [2.24, 2.45) is 0 Å². The predicted molar refractivity (Wildman–Crippen MR) is 122 cm³/mol. The summed E-state index contributed by atoms with van der Waals surface area (Å²) in [6, 6.07) is 8.05. The molecule has 1 aliphatic heterocycles. The Kier molecular flexibility index (Phi) is 7.64. The summed E-state index contributed by atoms with van der Waals surface area (Å²) >= 11 is 5.69. The molecule has 0 saturated carbocycles. The van der Waals surface area contributed by atoms with Crippen molar-refractivity contribution in [2.45, 2.75) is 38.8 Å². The normalized spacial score (nSPS) is 16.5. The number of nitrogens with one attached hydrogen (secondary N) is 3. The van der Waals surface area contributed by atoms with E-state index in [1.165, 1.54) is 10.5 Å². The van der Waals surface area contributed by atoms with Crippen LogP contribution >= 0.6 is 12.2 Å². The number of aromatic nitrogens is 1. The molecule has 1 saturated heterocycles. The molecule has 1 atom stereocenters. The van der Waals surface area contributed by atoms with Crippen LogP contribution in [0, 0.1) is 6.92 Å². The summed E-state index contributed by atoms with van der Waals surface area (Å²) in [7, 11) is 4.30. The van der Waals surface area contributed by atoms with Crippen molar-refractivity contribution >= 4 is 28.2 Å². The molecule has 29 heavy (non-hydrogen) atoms. The van der Waals surface area contributed by atoms with Crippen molar-refractivity contribution in [3.8, 4) is 0 Å². The second-order valence-electron chi connectivity index (χ2n) is 8.27. The van der Waals surface area contributed by atoms with Crippen molar-refractivity contribution in [1.29, 1.82) is 0 Å². The fraction of sp³-hybridized carbons (Fsp3) is 0.545. The van der Waals surface area contributed by atoms with Crippen molar-refractivity contribution < 1.29 is 9.64 Å². The largest absolute Gasteiger partial charge is 0.376 e. The first kappa shape index (κ1) is 21.7. The summed E-state index contributed by atoms with van der Waals surface area (Å²) in [5.41, 5.74) is 2.70. The van der Waals surface area contributed by atoms with Gasteiger partial charge in [-0.3, -0.25) is 4.79 Å². The first-order chi connectivity index (χ1) is 13.9. The van der Waals surface area contributed by atoms with E-state index < -0.39 is 0 Å². The van der Waals surface area contributed by atoms with E-state index in [9.17, 15) is 4.79 Å². The highest BCUT2D eigenvalue weighted by Crippen LogP contribution is 2.17. The third-order valence-corrected chi connectivity index (χ3v) is 5.71. The van der Waals surface area contributed by atoms with E-state index in [0.29, 0.717) is 18.2 Å². The van der Waals surface area contributed by atoms with Gasteiger partial charge in [0.2, 0.25) is 0 Å². The Morgan fingerprint density at radius 1 is 1.38 bits per heavy atom. The Morgan fingerprint density at radius 2 is 2.21 bits per heavy atom. The molecule has 6 nitrogen and oxygen atoms in total. The molecule has 1 aliphatic rings. The number of ether oxygens (including phenoxy) is 1. The number of aromatic amines is 1. The average molecular weight is 418 g/mol. The molecule has 1 aromatic heterocycles. The SMILES string of the molecule is Cc1ccc2[nH]c(=O)c(CN(C[C@@H]3CCCO3)C(=S)NCCC[NH+](C)C)cc2c1.